The Morgan fingerprint density at radius 2 is 1.96 bits per heavy atom. The van der Waals surface area contributed by atoms with E-state index in [4.69, 9.17) is 0 Å². The van der Waals surface area contributed by atoms with Crippen molar-refractivity contribution in [2.45, 2.75) is 31.6 Å². The molecule has 0 radical (unpaired) electrons. The van der Waals surface area contributed by atoms with Crippen LogP contribution in [0.4, 0.5) is 8.78 Å². The van der Waals surface area contributed by atoms with Gasteiger partial charge in [-0.15, -0.1) is 0 Å². The Kier molecular flexibility index (Phi) is 3.21. The molecule has 5 nitrogen and oxygen atoms in total. The first-order chi connectivity index (χ1) is 11.1. The van der Waals surface area contributed by atoms with Crippen LogP contribution in [0.25, 0.3) is 5.78 Å². The van der Waals surface area contributed by atoms with Gasteiger partial charge in [-0.1, -0.05) is 6.42 Å². The van der Waals surface area contributed by atoms with Crippen molar-refractivity contribution in [1.29, 1.82) is 0 Å². The van der Waals surface area contributed by atoms with E-state index < -0.39 is 11.6 Å². The highest BCUT2D eigenvalue weighted by Crippen LogP contribution is 2.36. The molecule has 1 N–H and O–H groups in total. The first-order valence-electron chi connectivity index (χ1n) is 7.51. The number of nitrogens with zero attached hydrogens (tertiary/aromatic N) is 3. The number of aromatic amines is 1. The smallest absolute Gasteiger partial charge is 0.279 e. The van der Waals surface area contributed by atoms with E-state index in [1.807, 2.05) is 0 Å². The third-order valence-corrected chi connectivity index (χ3v) is 4.39. The van der Waals surface area contributed by atoms with Crippen molar-refractivity contribution in [3.05, 3.63) is 63.3 Å². The Bertz CT molecular complexity index is 923. The van der Waals surface area contributed by atoms with Gasteiger partial charge in [0.1, 0.15) is 18.0 Å². The van der Waals surface area contributed by atoms with Crippen LogP contribution < -0.4 is 5.56 Å². The van der Waals surface area contributed by atoms with E-state index in [1.165, 1.54) is 23.0 Å². The maximum atomic E-state index is 13.4. The molecular weight excluding hydrogens is 302 g/mol. The second-order valence-corrected chi connectivity index (χ2v) is 5.90. The second-order valence-electron chi connectivity index (χ2n) is 5.90. The van der Waals surface area contributed by atoms with Gasteiger partial charge in [-0.25, -0.2) is 8.78 Å². The van der Waals surface area contributed by atoms with Gasteiger partial charge in [0, 0.05) is 23.7 Å². The highest BCUT2D eigenvalue weighted by Gasteiger charge is 2.26. The van der Waals surface area contributed by atoms with Crippen molar-refractivity contribution in [3.63, 3.8) is 0 Å². The van der Waals surface area contributed by atoms with E-state index in [0.717, 1.165) is 31.0 Å². The van der Waals surface area contributed by atoms with Crippen LogP contribution in [0.2, 0.25) is 0 Å². The van der Waals surface area contributed by atoms with Crippen molar-refractivity contribution >= 4 is 5.78 Å². The predicted octanol–water partition coefficient (Wildman–Crippen LogP) is 2.55. The van der Waals surface area contributed by atoms with Gasteiger partial charge in [-0.05, 0) is 36.5 Å². The molecule has 0 atom stereocenters. The number of aromatic nitrogens is 4. The Labute approximate surface area is 130 Å². The predicted molar refractivity (Wildman–Crippen MR) is 79.4 cm³/mol. The van der Waals surface area contributed by atoms with E-state index in [2.05, 4.69) is 15.1 Å². The van der Waals surface area contributed by atoms with Crippen LogP contribution in [0, 0.1) is 11.6 Å². The lowest BCUT2D eigenvalue weighted by atomic mass is 9.80. The number of hydrogen-bond acceptors (Lipinski definition) is 3. The quantitative estimate of drug-likeness (QED) is 0.808. The Morgan fingerprint density at radius 1 is 1.22 bits per heavy atom. The molecule has 0 aliphatic heterocycles. The summed E-state index contributed by atoms with van der Waals surface area (Å²) in [6, 6.07) is 3.32. The van der Waals surface area contributed by atoms with Gasteiger partial charge in [-0.3, -0.25) is 4.79 Å². The summed E-state index contributed by atoms with van der Waals surface area (Å²) in [6.45, 7) is 0. The molecule has 2 heterocycles. The molecule has 1 saturated carbocycles. The third kappa shape index (κ3) is 2.42. The van der Waals surface area contributed by atoms with Crippen molar-refractivity contribution in [2.75, 3.05) is 0 Å². The number of fused-ring (bicyclic) bond motifs is 1. The van der Waals surface area contributed by atoms with Crippen LogP contribution in [-0.2, 0) is 6.42 Å². The van der Waals surface area contributed by atoms with E-state index >= 15 is 0 Å². The number of nitrogens with one attached hydrogen (secondary N) is 1. The largest absolute Gasteiger partial charge is 0.327 e. The van der Waals surface area contributed by atoms with Gasteiger partial charge in [0.15, 0.2) is 0 Å². The highest BCUT2D eigenvalue weighted by atomic mass is 19.1. The fraction of sp³-hybridized carbons (Fsp3) is 0.312. The molecule has 0 bridgehead atoms. The lowest BCUT2D eigenvalue weighted by molar-refractivity contribution is 0.408. The summed E-state index contributed by atoms with van der Waals surface area (Å²) in [6.07, 6.45) is 4.56. The zero-order valence-electron chi connectivity index (χ0n) is 12.2. The monoisotopic (exact) mass is 316 g/mol. The van der Waals surface area contributed by atoms with Crippen molar-refractivity contribution in [2.24, 2.45) is 0 Å². The summed E-state index contributed by atoms with van der Waals surface area (Å²) >= 11 is 0. The zero-order valence-corrected chi connectivity index (χ0v) is 12.2. The average molecular weight is 316 g/mol. The van der Waals surface area contributed by atoms with Crippen LogP contribution in [-0.4, -0.2) is 19.6 Å². The minimum Gasteiger partial charge on any atom is -0.327 e. The van der Waals surface area contributed by atoms with Gasteiger partial charge in [-0.2, -0.15) is 14.6 Å². The lowest BCUT2D eigenvalue weighted by Crippen LogP contribution is -2.26. The maximum absolute atomic E-state index is 13.4. The van der Waals surface area contributed by atoms with E-state index in [0.29, 0.717) is 16.9 Å². The van der Waals surface area contributed by atoms with Crippen LogP contribution in [0.15, 0.2) is 29.3 Å². The molecule has 1 fully saturated rings. The standard InChI is InChI=1S/C16H14F2N4O/c17-11-4-9(5-12(18)7-11)6-13-14(10-2-1-3-10)21-16-19-8-20-22(16)15(13)23/h4-5,7-8,10H,1-3,6H2,(H,19,20,21). The summed E-state index contributed by atoms with van der Waals surface area (Å²) in [5.41, 5.74) is 1.44. The molecule has 0 unspecified atom stereocenters. The molecule has 1 aliphatic carbocycles. The van der Waals surface area contributed by atoms with E-state index in [9.17, 15) is 13.6 Å². The number of benzene rings is 1. The fourth-order valence-corrected chi connectivity index (χ4v) is 3.05. The molecule has 4 rings (SSSR count). The lowest BCUT2D eigenvalue weighted by Gasteiger charge is -2.27. The summed E-state index contributed by atoms with van der Waals surface area (Å²) in [4.78, 5) is 19.9. The number of hydrogen-bond donors (Lipinski definition) is 1. The molecule has 118 valence electrons. The maximum Gasteiger partial charge on any atom is 0.279 e. The molecule has 1 aliphatic rings. The molecule has 0 amide bonds. The van der Waals surface area contributed by atoms with E-state index in [-0.39, 0.29) is 17.9 Å². The number of rotatable bonds is 3. The van der Waals surface area contributed by atoms with Gasteiger partial charge < -0.3 is 4.98 Å². The molecule has 23 heavy (non-hydrogen) atoms. The Balaban J connectivity index is 1.86. The summed E-state index contributed by atoms with van der Waals surface area (Å²) in [7, 11) is 0. The van der Waals surface area contributed by atoms with Crippen LogP contribution in [0.1, 0.15) is 42.0 Å². The molecule has 1 aromatic carbocycles. The van der Waals surface area contributed by atoms with Crippen molar-refractivity contribution in [3.8, 4) is 0 Å². The van der Waals surface area contributed by atoms with Gasteiger partial charge >= 0.3 is 0 Å². The summed E-state index contributed by atoms with van der Waals surface area (Å²) in [5.74, 6) is -0.643. The fourth-order valence-electron chi connectivity index (χ4n) is 3.05. The van der Waals surface area contributed by atoms with Gasteiger partial charge in [0.25, 0.3) is 5.56 Å². The first kappa shape index (κ1) is 14.0. The van der Waals surface area contributed by atoms with E-state index in [1.54, 1.807) is 0 Å². The minimum atomic E-state index is -0.650. The highest BCUT2D eigenvalue weighted by molar-refractivity contribution is 5.37. The first-order valence-corrected chi connectivity index (χ1v) is 7.51. The second kappa shape index (κ2) is 5.26. The molecule has 2 aromatic heterocycles. The van der Waals surface area contributed by atoms with Gasteiger partial charge in [0.05, 0.1) is 0 Å². The topological polar surface area (TPSA) is 63.0 Å². The number of halogens is 2. The summed E-state index contributed by atoms with van der Waals surface area (Å²) < 4.78 is 28.0. The molecule has 0 saturated heterocycles. The average Bonchev–Trinajstić information content (AvgIpc) is 2.88. The van der Waals surface area contributed by atoms with Crippen molar-refractivity contribution < 1.29 is 8.78 Å². The van der Waals surface area contributed by atoms with Crippen LogP contribution >= 0.6 is 0 Å². The van der Waals surface area contributed by atoms with Gasteiger partial charge in [0.2, 0.25) is 5.78 Å². The normalized spacial score (nSPS) is 15.0. The zero-order chi connectivity index (χ0) is 16.0. The molecule has 7 heteroatoms. The Hall–Kier alpha value is -2.57. The minimum absolute atomic E-state index is 0.158. The molecule has 3 aromatic rings. The van der Waals surface area contributed by atoms with Crippen LogP contribution in [0.3, 0.4) is 0 Å². The molecular formula is C16H14F2N4O. The number of H-pyrrole nitrogens is 1. The molecule has 0 spiro atoms. The SMILES string of the molecule is O=c1c(Cc2cc(F)cc(F)c2)c(C2CCC2)[nH]c2ncnn12. The summed E-state index contributed by atoms with van der Waals surface area (Å²) in [5, 5.41) is 3.91. The third-order valence-electron chi connectivity index (χ3n) is 4.39. The van der Waals surface area contributed by atoms with Crippen LogP contribution in [0.5, 0.6) is 0 Å². The Morgan fingerprint density at radius 3 is 2.61 bits per heavy atom. The van der Waals surface area contributed by atoms with Crippen molar-refractivity contribution in [1.82, 2.24) is 19.6 Å².